The first-order valence-corrected chi connectivity index (χ1v) is 5.17. The molecule has 0 spiro atoms. The van der Waals surface area contributed by atoms with Crippen LogP contribution in [0.4, 0.5) is 13.2 Å². The summed E-state index contributed by atoms with van der Waals surface area (Å²) < 4.78 is 35.3. The first-order chi connectivity index (χ1) is 6.89. The zero-order chi connectivity index (χ0) is 11.9. The van der Waals surface area contributed by atoms with Gasteiger partial charge in [-0.25, -0.2) is 0 Å². The second-order valence-corrected chi connectivity index (χ2v) is 3.72. The first-order valence-electron chi connectivity index (χ1n) is 5.17. The molecule has 0 rings (SSSR count). The highest BCUT2D eigenvalue weighted by atomic mass is 19.4. The van der Waals surface area contributed by atoms with Gasteiger partial charge in [0.1, 0.15) is 5.78 Å². The minimum Gasteiger partial charge on any atom is -0.330 e. The van der Waals surface area contributed by atoms with Crippen molar-refractivity contribution in [2.45, 2.75) is 45.2 Å². The lowest BCUT2D eigenvalue weighted by atomic mass is 9.97. The van der Waals surface area contributed by atoms with Crippen molar-refractivity contribution in [1.82, 2.24) is 0 Å². The molecule has 0 aromatic rings. The zero-order valence-corrected chi connectivity index (χ0v) is 8.94. The van der Waals surface area contributed by atoms with Crippen LogP contribution in [0.15, 0.2) is 0 Å². The molecule has 2 N–H and O–H groups in total. The van der Waals surface area contributed by atoms with E-state index in [1.54, 1.807) is 0 Å². The molecule has 0 heterocycles. The van der Waals surface area contributed by atoms with Crippen molar-refractivity contribution < 1.29 is 18.0 Å². The number of Topliss-reactive ketones (excluding diaryl/α,β-unsaturated/α-hetero) is 1. The molecular formula is C10H18F3NO. The Hall–Kier alpha value is -0.580. The maximum atomic E-state index is 11.8. The number of carbonyl (C=O) groups excluding carboxylic acids is 1. The highest BCUT2D eigenvalue weighted by molar-refractivity contribution is 5.78. The molecular weight excluding hydrogens is 207 g/mol. The first kappa shape index (κ1) is 14.4. The van der Waals surface area contributed by atoms with Crippen molar-refractivity contribution in [2.75, 3.05) is 6.54 Å². The van der Waals surface area contributed by atoms with Crippen molar-refractivity contribution >= 4 is 5.78 Å². The molecule has 0 aliphatic carbocycles. The molecule has 0 amide bonds. The van der Waals surface area contributed by atoms with Gasteiger partial charge >= 0.3 is 6.18 Å². The number of rotatable bonds is 7. The van der Waals surface area contributed by atoms with Crippen LogP contribution in [-0.4, -0.2) is 18.5 Å². The van der Waals surface area contributed by atoms with E-state index in [-0.39, 0.29) is 24.5 Å². The van der Waals surface area contributed by atoms with Gasteiger partial charge in [-0.15, -0.1) is 0 Å². The smallest absolute Gasteiger partial charge is 0.330 e. The van der Waals surface area contributed by atoms with E-state index in [9.17, 15) is 18.0 Å². The Morgan fingerprint density at radius 1 is 1.40 bits per heavy atom. The number of nitrogens with two attached hydrogens (primary N) is 1. The molecule has 0 aromatic carbocycles. The second-order valence-electron chi connectivity index (χ2n) is 3.72. The topological polar surface area (TPSA) is 43.1 Å². The summed E-state index contributed by atoms with van der Waals surface area (Å²) in [6, 6.07) is 0. The number of carbonyl (C=O) groups is 1. The van der Waals surface area contributed by atoms with Crippen LogP contribution in [0.3, 0.4) is 0 Å². The molecule has 0 saturated carbocycles. The van der Waals surface area contributed by atoms with Gasteiger partial charge < -0.3 is 5.73 Å². The molecule has 0 aliphatic rings. The third-order valence-electron chi connectivity index (χ3n) is 2.34. The van der Waals surface area contributed by atoms with E-state index >= 15 is 0 Å². The summed E-state index contributed by atoms with van der Waals surface area (Å²) >= 11 is 0. The van der Waals surface area contributed by atoms with Gasteiger partial charge in [-0.3, -0.25) is 4.79 Å². The Balaban J connectivity index is 3.66. The van der Waals surface area contributed by atoms with Crippen LogP contribution in [0, 0.1) is 5.92 Å². The van der Waals surface area contributed by atoms with E-state index in [1.807, 2.05) is 6.92 Å². The molecule has 5 heteroatoms. The van der Waals surface area contributed by atoms with Gasteiger partial charge in [0, 0.05) is 19.3 Å². The summed E-state index contributed by atoms with van der Waals surface area (Å²) in [4.78, 5) is 11.2. The van der Waals surface area contributed by atoms with Gasteiger partial charge in [-0.05, 0) is 18.9 Å². The van der Waals surface area contributed by atoms with E-state index < -0.39 is 12.6 Å². The number of halogens is 3. The Bertz CT molecular complexity index is 188. The maximum Gasteiger partial charge on any atom is 0.389 e. The van der Waals surface area contributed by atoms with Crippen molar-refractivity contribution in [3.63, 3.8) is 0 Å². The van der Waals surface area contributed by atoms with E-state index in [4.69, 9.17) is 5.73 Å². The standard InChI is InChI=1S/C10H18F3NO/c1-2-8(7-14)6-9(15)4-3-5-10(11,12)13/h8H,2-7,14H2,1H3. The normalized spacial score (nSPS) is 13.9. The monoisotopic (exact) mass is 225 g/mol. The maximum absolute atomic E-state index is 11.8. The van der Waals surface area contributed by atoms with E-state index in [0.717, 1.165) is 6.42 Å². The van der Waals surface area contributed by atoms with Gasteiger partial charge in [0.2, 0.25) is 0 Å². The van der Waals surface area contributed by atoms with Crippen molar-refractivity contribution in [2.24, 2.45) is 11.7 Å². The summed E-state index contributed by atoms with van der Waals surface area (Å²) in [5, 5.41) is 0. The fourth-order valence-corrected chi connectivity index (χ4v) is 1.30. The predicted molar refractivity (Wildman–Crippen MR) is 52.4 cm³/mol. The molecule has 0 bridgehead atoms. The third kappa shape index (κ3) is 8.42. The SMILES string of the molecule is CCC(CN)CC(=O)CCCC(F)(F)F. The highest BCUT2D eigenvalue weighted by Gasteiger charge is 2.26. The summed E-state index contributed by atoms with van der Waals surface area (Å²) in [7, 11) is 0. The Morgan fingerprint density at radius 2 is 2.00 bits per heavy atom. The Labute approximate surface area is 88.0 Å². The van der Waals surface area contributed by atoms with Crippen LogP contribution in [0.5, 0.6) is 0 Å². The van der Waals surface area contributed by atoms with Crippen LogP contribution in [0.25, 0.3) is 0 Å². The minimum atomic E-state index is -4.15. The molecule has 0 aromatic heterocycles. The second kappa shape index (κ2) is 6.82. The van der Waals surface area contributed by atoms with Crippen molar-refractivity contribution in [3.8, 4) is 0 Å². The summed E-state index contributed by atoms with van der Waals surface area (Å²) in [6.07, 6.45) is -4.03. The van der Waals surface area contributed by atoms with Crippen LogP contribution in [0.2, 0.25) is 0 Å². The number of hydrogen-bond donors (Lipinski definition) is 1. The molecule has 1 unspecified atom stereocenters. The number of hydrogen-bond acceptors (Lipinski definition) is 2. The zero-order valence-electron chi connectivity index (χ0n) is 8.94. The molecule has 0 radical (unpaired) electrons. The number of ketones is 1. The van der Waals surface area contributed by atoms with Gasteiger partial charge in [-0.2, -0.15) is 13.2 Å². The van der Waals surface area contributed by atoms with Crippen LogP contribution in [-0.2, 0) is 4.79 Å². The van der Waals surface area contributed by atoms with Gasteiger partial charge in [0.15, 0.2) is 0 Å². The Kier molecular flexibility index (Phi) is 6.56. The van der Waals surface area contributed by atoms with Crippen molar-refractivity contribution in [1.29, 1.82) is 0 Å². The lowest BCUT2D eigenvalue weighted by Crippen LogP contribution is -2.17. The van der Waals surface area contributed by atoms with E-state index in [2.05, 4.69) is 0 Å². The van der Waals surface area contributed by atoms with Gasteiger partial charge in [-0.1, -0.05) is 13.3 Å². The molecule has 2 nitrogen and oxygen atoms in total. The Morgan fingerprint density at radius 3 is 2.40 bits per heavy atom. The molecule has 0 aliphatic heterocycles. The number of alkyl halides is 3. The average molecular weight is 225 g/mol. The lowest BCUT2D eigenvalue weighted by molar-refractivity contribution is -0.137. The average Bonchev–Trinajstić information content (AvgIpc) is 2.12. The van der Waals surface area contributed by atoms with Crippen LogP contribution in [0.1, 0.15) is 39.0 Å². The largest absolute Gasteiger partial charge is 0.389 e. The predicted octanol–water partition coefficient (Wildman–Crippen LogP) is 2.66. The summed E-state index contributed by atoms with van der Waals surface area (Å²) in [5.41, 5.74) is 5.40. The molecule has 1 atom stereocenters. The van der Waals surface area contributed by atoms with Gasteiger partial charge in [0.05, 0.1) is 0 Å². The van der Waals surface area contributed by atoms with E-state index in [1.165, 1.54) is 0 Å². The van der Waals surface area contributed by atoms with Crippen molar-refractivity contribution in [3.05, 3.63) is 0 Å². The third-order valence-corrected chi connectivity index (χ3v) is 2.34. The fourth-order valence-electron chi connectivity index (χ4n) is 1.30. The van der Waals surface area contributed by atoms with Gasteiger partial charge in [0.25, 0.3) is 0 Å². The molecule has 0 saturated heterocycles. The minimum absolute atomic E-state index is 0.00993. The summed E-state index contributed by atoms with van der Waals surface area (Å²) in [5.74, 6) is -0.0000586. The lowest BCUT2D eigenvalue weighted by Gasteiger charge is -2.11. The van der Waals surface area contributed by atoms with Crippen LogP contribution < -0.4 is 5.73 Å². The summed E-state index contributed by atoms with van der Waals surface area (Å²) in [6.45, 7) is 2.34. The van der Waals surface area contributed by atoms with E-state index in [0.29, 0.717) is 13.0 Å². The fraction of sp³-hybridized carbons (Fsp3) is 0.900. The quantitative estimate of drug-likeness (QED) is 0.723. The molecule has 0 fully saturated rings. The molecule has 90 valence electrons. The van der Waals surface area contributed by atoms with Crippen LogP contribution >= 0.6 is 0 Å². The highest BCUT2D eigenvalue weighted by Crippen LogP contribution is 2.22. The molecule has 15 heavy (non-hydrogen) atoms.